The molecule has 1 aromatic carbocycles. The second kappa shape index (κ2) is 6.87. The highest BCUT2D eigenvalue weighted by molar-refractivity contribution is 5.64. The van der Waals surface area contributed by atoms with Crippen LogP contribution >= 0.6 is 0 Å². The van der Waals surface area contributed by atoms with E-state index in [1.165, 1.54) is 43.5 Å². The fourth-order valence-electron chi connectivity index (χ4n) is 2.24. The van der Waals surface area contributed by atoms with Crippen LogP contribution in [0, 0.1) is 10.8 Å². The highest BCUT2D eigenvalue weighted by Crippen LogP contribution is 2.24. The van der Waals surface area contributed by atoms with E-state index < -0.39 is 6.16 Å². The van der Waals surface area contributed by atoms with E-state index in [1.807, 2.05) is 0 Å². The number of hydrogen-bond donors (Lipinski definition) is 0. The molecule has 0 aromatic heterocycles. The van der Waals surface area contributed by atoms with Gasteiger partial charge in [-0.15, -0.1) is 4.91 Å². The summed E-state index contributed by atoms with van der Waals surface area (Å²) in [6, 6.07) is 5.99. The second-order valence-electron chi connectivity index (χ2n) is 4.75. The number of rotatable bonds is 4. The normalized spacial score (nSPS) is 15.8. The Balaban J connectivity index is 1.75. The van der Waals surface area contributed by atoms with Crippen LogP contribution in [0.4, 0.5) is 10.5 Å². The van der Waals surface area contributed by atoms with Crippen molar-refractivity contribution in [2.75, 3.05) is 6.61 Å². The van der Waals surface area contributed by atoms with Crippen molar-refractivity contribution in [1.82, 2.24) is 0 Å². The zero-order valence-corrected chi connectivity index (χ0v) is 10.7. The lowest BCUT2D eigenvalue weighted by Gasteiger charge is -2.20. The molecule has 1 aliphatic rings. The van der Waals surface area contributed by atoms with E-state index in [9.17, 15) is 9.70 Å². The van der Waals surface area contributed by atoms with Crippen LogP contribution in [0.1, 0.15) is 32.1 Å². The van der Waals surface area contributed by atoms with Gasteiger partial charge in [-0.1, -0.05) is 19.3 Å². The lowest BCUT2D eigenvalue weighted by Crippen LogP contribution is -2.18. The molecule has 5 nitrogen and oxygen atoms in total. The molecule has 0 heterocycles. The third-order valence-electron chi connectivity index (χ3n) is 3.30. The Kier molecular flexibility index (Phi) is 4.89. The van der Waals surface area contributed by atoms with Crippen molar-refractivity contribution in [3.05, 3.63) is 29.2 Å². The SMILES string of the molecule is O=Nc1ccc(OC(=O)OCC2CCCCC2)cc1. The number of benzene rings is 1. The topological polar surface area (TPSA) is 65.0 Å². The molecule has 19 heavy (non-hydrogen) atoms. The van der Waals surface area contributed by atoms with Crippen molar-refractivity contribution in [2.24, 2.45) is 11.1 Å². The summed E-state index contributed by atoms with van der Waals surface area (Å²) in [5, 5.41) is 2.77. The van der Waals surface area contributed by atoms with Crippen LogP contribution in [0.3, 0.4) is 0 Å². The van der Waals surface area contributed by atoms with Crippen LogP contribution in [0.15, 0.2) is 29.4 Å². The van der Waals surface area contributed by atoms with Gasteiger partial charge in [0.2, 0.25) is 0 Å². The Morgan fingerprint density at radius 3 is 2.47 bits per heavy atom. The zero-order valence-electron chi connectivity index (χ0n) is 10.7. The van der Waals surface area contributed by atoms with Crippen LogP contribution in [0.5, 0.6) is 5.75 Å². The Labute approximate surface area is 111 Å². The minimum Gasteiger partial charge on any atom is -0.434 e. The first-order valence-electron chi connectivity index (χ1n) is 6.56. The molecule has 1 fully saturated rings. The first-order valence-corrected chi connectivity index (χ1v) is 6.56. The van der Waals surface area contributed by atoms with E-state index in [1.54, 1.807) is 0 Å². The van der Waals surface area contributed by atoms with Crippen molar-refractivity contribution in [3.63, 3.8) is 0 Å². The van der Waals surface area contributed by atoms with Gasteiger partial charge in [0.1, 0.15) is 11.4 Å². The van der Waals surface area contributed by atoms with Gasteiger partial charge >= 0.3 is 6.16 Å². The summed E-state index contributed by atoms with van der Waals surface area (Å²) >= 11 is 0. The van der Waals surface area contributed by atoms with Gasteiger partial charge < -0.3 is 9.47 Å². The first kappa shape index (κ1) is 13.5. The fourth-order valence-corrected chi connectivity index (χ4v) is 2.24. The lowest BCUT2D eigenvalue weighted by molar-refractivity contribution is 0.0767. The summed E-state index contributed by atoms with van der Waals surface area (Å²) in [5.41, 5.74) is 0.294. The average Bonchev–Trinajstić information content (AvgIpc) is 2.47. The molecule has 0 spiro atoms. The molecule has 2 rings (SSSR count). The third-order valence-corrected chi connectivity index (χ3v) is 3.30. The Morgan fingerprint density at radius 1 is 1.16 bits per heavy atom. The van der Waals surface area contributed by atoms with E-state index in [-0.39, 0.29) is 0 Å². The molecule has 0 N–H and O–H groups in total. The molecule has 1 aliphatic carbocycles. The summed E-state index contributed by atoms with van der Waals surface area (Å²) in [5.74, 6) is 0.809. The van der Waals surface area contributed by atoms with Gasteiger partial charge in [0, 0.05) is 0 Å². The van der Waals surface area contributed by atoms with Crippen LogP contribution in [-0.2, 0) is 4.74 Å². The number of carbonyl (C=O) groups excluding carboxylic acids is 1. The average molecular weight is 263 g/mol. The molecule has 5 heteroatoms. The molecule has 0 saturated heterocycles. The maximum atomic E-state index is 11.5. The quantitative estimate of drug-likeness (QED) is 0.464. The molecular formula is C14H17NO4. The van der Waals surface area contributed by atoms with Gasteiger partial charge in [0.15, 0.2) is 0 Å². The minimum absolute atomic E-state index is 0.294. The number of nitrogens with zero attached hydrogens (tertiary/aromatic N) is 1. The molecule has 0 atom stereocenters. The van der Waals surface area contributed by atoms with E-state index in [4.69, 9.17) is 9.47 Å². The Morgan fingerprint density at radius 2 is 1.84 bits per heavy atom. The molecule has 0 radical (unpaired) electrons. The standard InChI is InChI=1S/C14H17NO4/c16-14(18-10-11-4-2-1-3-5-11)19-13-8-6-12(15-17)7-9-13/h6-9,11H,1-5,10H2. The van der Waals surface area contributed by atoms with Crippen molar-refractivity contribution in [2.45, 2.75) is 32.1 Å². The van der Waals surface area contributed by atoms with Gasteiger partial charge in [-0.3, -0.25) is 0 Å². The Bertz CT molecular complexity index is 424. The lowest BCUT2D eigenvalue weighted by atomic mass is 9.90. The molecule has 1 saturated carbocycles. The first-order chi connectivity index (χ1) is 9.28. The summed E-state index contributed by atoms with van der Waals surface area (Å²) < 4.78 is 10.1. The maximum absolute atomic E-state index is 11.5. The van der Waals surface area contributed by atoms with Crippen molar-refractivity contribution in [3.8, 4) is 5.75 Å². The van der Waals surface area contributed by atoms with Gasteiger partial charge in [-0.25, -0.2) is 4.79 Å². The number of nitroso groups, excluding NO2 is 1. The predicted molar refractivity (Wildman–Crippen MR) is 70.4 cm³/mol. The smallest absolute Gasteiger partial charge is 0.434 e. The highest BCUT2D eigenvalue weighted by atomic mass is 16.7. The van der Waals surface area contributed by atoms with Gasteiger partial charge in [0.25, 0.3) is 0 Å². The monoisotopic (exact) mass is 263 g/mol. The van der Waals surface area contributed by atoms with Crippen LogP contribution in [0.25, 0.3) is 0 Å². The van der Waals surface area contributed by atoms with Crippen molar-refractivity contribution < 1.29 is 14.3 Å². The Hall–Kier alpha value is -1.91. The summed E-state index contributed by atoms with van der Waals surface area (Å²) in [4.78, 5) is 21.7. The van der Waals surface area contributed by atoms with Gasteiger partial charge in [-0.05, 0) is 48.2 Å². The molecule has 0 bridgehead atoms. The molecule has 0 aliphatic heterocycles. The van der Waals surface area contributed by atoms with Crippen molar-refractivity contribution >= 4 is 11.8 Å². The van der Waals surface area contributed by atoms with Crippen molar-refractivity contribution in [1.29, 1.82) is 0 Å². The third kappa shape index (κ3) is 4.35. The maximum Gasteiger partial charge on any atom is 0.513 e. The van der Waals surface area contributed by atoms with Gasteiger partial charge in [0.05, 0.1) is 6.61 Å². The molecular weight excluding hydrogens is 246 g/mol. The largest absolute Gasteiger partial charge is 0.513 e. The van der Waals surface area contributed by atoms with Crippen LogP contribution in [-0.4, -0.2) is 12.8 Å². The zero-order chi connectivity index (χ0) is 13.5. The van der Waals surface area contributed by atoms with E-state index in [0.717, 1.165) is 12.8 Å². The number of ether oxygens (including phenoxy) is 2. The van der Waals surface area contributed by atoms with Crippen LogP contribution in [0.2, 0.25) is 0 Å². The van der Waals surface area contributed by atoms with E-state index >= 15 is 0 Å². The minimum atomic E-state index is -0.697. The molecule has 0 amide bonds. The van der Waals surface area contributed by atoms with E-state index in [2.05, 4.69) is 5.18 Å². The molecule has 102 valence electrons. The summed E-state index contributed by atoms with van der Waals surface area (Å²) in [6.45, 7) is 0.423. The van der Waals surface area contributed by atoms with Crippen LogP contribution < -0.4 is 4.74 Å². The predicted octanol–water partition coefficient (Wildman–Crippen LogP) is 4.18. The molecule has 0 unspecified atom stereocenters. The highest BCUT2D eigenvalue weighted by Gasteiger charge is 2.16. The van der Waals surface area contributed by atoms with E-state index in [0.29, 0.717) is 24.0 Å². The summed E-state index contributed by atoms with van der Waals surface area (Å²) in [7, 11) is 0. The number of carbonyl (C=O) groups is 1. The second-order valence-corrected chi connectivity index (χ2v) is 4.75. The summed E-state index contributed by atoms with van der Waals surface area (Å²) in [6.07, 6.45) is 5.24. The van der Waals surface area contributed by atoms with Gasteiger partial charge in [-0.2, -0.15) is 0 Å². The fraction of sp³-hybridized carbons (Fsp3) is 0.500. The molecule has 1 aromatic rings. The number of hydrogen-bond acceptors (Lipinski definition) is 5.